The number of rotatable bonds is 5. The third kappa shape index (κ3) is 3.13. The van der Waals surface area contributed by atoms with Crippen LogP contribution in [0, 0.1) is 5.82 Å². The summed E-state index contributed by atoms with van der Waals surface area (Å²) >= 11 is 0.977. The molecular formula is C14H12FN3O2S2. The Labute approximate surface area is 131 Å². The van der Waals surface area contributed by atoms with Crippen molar-refractivity contribution >= 4 is 32.8 Å². The summed E-state index contributed by atoms with van der Waals surface area (Å²) in [5, 5.41) is 0. The third-order valence-corrected chi connectivity index (χ3v) is 5.19. The molecule has 0 spiro atoms. The molecule has 5 nitrogen and oxygen atoms in total. The summed E-state index contributed by atoms with van der Waals surface area (Å²) in [5.74, 6) is -0.313. The van der Waals surface area contributed by atoms with Gasteiger partial charge in [-0.1, -0.05) is 18.2 Å². The largest absolute Gasteiger partial charge is 0.242 e. The first-order valence-electron chi connectivity index (χ1n) is 6.52. The number of hydrogen-bond donors (Lipinski definition) is 1. The van der Waals surface area contributed by atoms with Gasteiger partial charge in [0, 0.05) is 6.54 Å². The summed E-state index contributed by atoms with van der Waals surface area (Å²) in [6, 6.07) is 10.8. The summed E-state index contributed by atoms with van der Waals surface area (Å²) in [7, 11) is -3.66. The maximum Gasteiger partial charge on any atom is 0.242 e. The zero-order valence-corrected chi connectivity index (χ0v) is 13.0. The van der Waals surface area contributed by atoms with Gasteiger partial charge in [-0.25, -0.2) is 17.5 Å². The highest BCUT2D eigenvalue weighted by Crippen LogP contribution is 2.20. The maximum absolute atomic E-state index is 12.8. The normalized spacial score (nSPS) is 11.9. The Morgan fingerprint density at radius 3 is 2.64 bits per heavy atom. The van der Waals surface area contributed by atoms with Crippen LogP contribution in [-0.4, -0.2) is 23.7 Å². The Hall–Kier alpha value is -1.90. The van der Waals surface area contributed by atoms with E-state index in [4.69, 9.17) is 0 Å². The number of fused-ring (bicyclic) bond motifs is 1. The quantitative estimate of drug-likeness (QED) is 0.776. The molecule has 0 aliphatic heterocycles. The van der Waals surface area contributed by atoms with Gasteiger partial charge in [-0.2, -0.15) is 8.75 Å². The smallest absolute Gasteiger partial charge is 0.211 e. The highest BCUT2D eigenvalue weighted by molar-refractivity contribution is 7.89. The standard InChI is InChI=1S/C14H12FN3O2S2/c15-11-6-4-10(5-7-11)8-9-16-22(19,20)13-3-1-2-12-14(13)18-21-17-12/h1-7,16H,8-9H2. The lowest BCUT2D eigenvalue weighted by Gasteiger charge is -2.07. The second-order valence-corrected chi connectivity index (χ2v) is 6.93. The molecule has 1 N–H and O–H groups in total. The van der Waals surface area contributed by atoms with Crippen molar-refractivity contribution in [3.63, 3.8) is 0 Å². The van der Waals surface area contributed by atoms with Gasteiger partial charge in [0.05, 0.1) is 11.7 Å². The Morgan fingerprint density at radius 2 is 1.86 bits per heavy atom. The number of benzene rings is 2. The number of halogens is 1. The van der Waals surface area contributed by atoms with Crippen LogP contribution in [-0.2, 0) is 16.4 Å². The van der Waals surface area contributed by atoms with Crippen LogP contribution in [0.15, 0.2) is 47.4 Å². The summed E-state index contributed by atoms with van der Waals surface area (Å²) in [5.41, 5.74) is 1.80. The van der Waals surface area contributed by atoms with Gasteiger partial charge in [0.15, 0.2) is 0 Å². The van der Waals surface area contributed by atoms with Crippen molar-refractivity contribution in [3.8, 4) is 0 Å². The van der Waals surface area contributed by atoms with Gasteiger partial charge in [-0.05, 0) is 36.2 Å². The van der Waals surface area contributed by atoms with Crippen LogP contribution in [0.25, 0.3) is 11.0 Å². The number of hydrogen-bond acceptors (Lipinski definition) is 5. The van der Waals surface area contributed by atoms with Crippen LogP contribution in [0.1, 0.15) is 5.56 Å². The average molecular weight is 337 g/mol. The van der Waals surface area contributed by atoms with E-state index in [-0.39, 0.29) is 17.3 Å². The molecule has 8 heteroatoms. The SMILES string of the molecule is O=S(=O)(NCCc1ccc(F)cc1)c1cccc2nsnc12. The Balaban J connectivity index is 1.74. The van der Waals surface area contributed by atoms with Crippen LogP contribution >= 0.6 is 11.7 Å². The van der Waals surface area contributed by atoms with Crippen molar-refractivity contribution in [2.24, 2.45) is 0 Å². The second kappa shape index (κ2) is 6.07. The number of sulfonamides is 1. The lowest BCUT2D eigenvalue weighted by atomic mass is 10.1. The number of nitrogens with zero attached hydrogens (tertiary/aromatic N) is 2. The van der Waals surface area contributed by atoms with Gasteiger partial charge >= 0.3 is 0 Å². The first kappa shape index (κ1) is 15.0. The van der Waals surface area contributed by atoms with E-state index in [1.807, 2.05) is 0 Å². The van der Waals surface area contributed by atoms with Gasteiger partial charge in [0.2, 0.25) is 10.0 Å². The monoisotopic (exact) mass is 337 g/mol. The van der Waals surface area contributed by atoms with Crippen molar-refractivity contribution in [2.45, 2.75) is 11.3 Å². The molecule has 114 valence electrons. The van der Waals surface area contributed by atoms with Crippen LogP contribution in [0.2, 0.25) is 0 Å². The molecular weight excluding hydrogens is 325 g/mol. The molecule has 0 bridgehead atoms. The fraction of sp³-hybridized carbons (Fsp3) is 0.143. The zero-order chi connectivity index (χ0) is 15.6. The van der Waals surface area contributed by atoms with Gasteiger partial charge in [0.1, 0.15) is 21.7 Å². The van der Waals surface area contributed by atoms with Gasteiger partial charge in [-0.3, -0.25) is 0 Å². The summed E-state index contributed by atoms with van der Waals surface area (Å²) in [6.07, 6.45) is 0.477. The van der Waals surface area contributed by atoms with Crippen molar-refractivity contribution in [1.82, 2.24) is 13.5 Å². The van der Waals surface area contributed by atoms with Gasteiger partial charge in [0.25, 0.3) is 0 Å². The minimum atomic E-state index is -3.66. The summed E-state index contributed by atoms with van der Waals surface area (Å²) in [4.78, 5) is 0.123. The van der Waals surface area contributed by atoms with Crippen LogP contribution < -0.4 is 4.72 Å². The van der Waals surface area contributed by atoms with Crippen LogP contribution in [0.4, 0.5) is 4.39 Å². The van der Waals surface area contributed by atoms with E-state index in [2.05, 4.69) is 13.5 Å². The molecule has 0 saturated heterocycles. The molecule has 0 fully saturated rings. The second-order valence-electron chi connectivity index (χ2n) is 4.66. The maximum atomic E-state index is 12.8. The first-order chi connectivity index (χ1) is 10.6. The minimum Gasteiger partial charge on any atom is -0.211 e. The number of nitrogens with one attached hydrogen (secondary N) is 1. The van der Waals surface area contributed by atoms with E-state index in [0.717, 1.165) is 17.3 Å². The van der Waals surface area contributed by atoms with Crippen molar-refractivity contribution in [3.05, 3.63) is 53.8 Å². The van der Waals surface area contributed by atoms with E-state index >= 15 is 0 Å². The molecule has 0 amide bonds. The molecule has 1 aromatic heterocycles. The van der Waals surface area contributed by atoms with Crippen molar-refractivity contribution in [1.29, 1.82) is 0 Å². The Bertz CT molecular complexity index is 892. The predicted octanol–water partition coefficient (Wildman–Crippen LogP) is 2.35. The Kier molecular flexibility index (Phi) is 4.14. The molecule has 2 aromatic carbocycles. The minimum absolute atomic E-state index is 0.123. The topological polar surface area (TPSA) is 72.0 Å². The zero-order valence-electron chi connectivity index (χ0n) is 11.4. The third-order valence-electron chi connectivity index (χ3n) is 3.16. The fourth-order valence-electron chi connectivity index (χ4n) is 2.06. The molecule has 1 heterocycles. The van der Waals surface area contributed by atoms with E-state index in [1.54, 1.807) is 24.3 Å². The number of aromatic nitrogens is 2. The predicted molar refractivity (Wildman–Crippen MR) is 82.7 cm³/mol. The van der Waals surface area contributed by atoms with E-state index in [1.165, 1.54) is 18.2 Å². The summed E-state index contributed by atoms with van der Waals surface area (Å²) in [6.45, 7) is 0.224. The molecule has 0 unspecified atom stereocenters. The Morgan fingerprint density at radius 1 is 1.09 bits per heavy atom. The van der Waals surface area contributed by atoms with E-state index < -0.39 is 10.0 Å². The molecule has 22 heavy (non-hydrogen) atoms. The first-order valence-corrected chi connectivity index (χ1v) is 8.73. The fourth-order valence-corrected chi connectivity index (χ4v) is 3.85. The molecule has 3 aromatic rings. The molecule has 0 radical (unpaired) electrons. The lowest BCUT2D eigenvalue weighted by molar-refractivity contribution is 0.582. The lowest BCUT2D eigenvalue weighted by Crippen LogP contribution is -2.26. The van der Waals surface area contributed by atoms with Crippen LogP contribution in [0.5, 0.6) is 0 Å². The molecule has 0 saturated carbocycles. The highest BCUT2D eigenvalue weighted by atomic mass is 32.2. The molecule has 0 aliphatic carbocycles. The highest BCUT2D eigenvalue weighted by Gasteiger charge is 2.18. The van der Waals surface area contributed by atoms with Gasteiger partial charge in [-0.15, -0.1) is 0 Å². The average Bonchev–Trinajstić information content (AvgIpc) is 2.97. The molecule has 3 rings (SSSR count). The van der Waals surface area contributed by atoms with E-state index in [0.29, 0.717) is 17.5 Å². The van der Waals surface area contributed by atoms with Crippen LogP contribution in [0.3, 0.4) is 0 Å². The molecule has 0 aliphatic rings. The van der Waals surface area contributed by atoms with Gasteiger partial charge < -0.3 is 0 Å². The van der Waals surface area contributed by atoms with E-state index in [9.17, 15) is 12.8 Å². The molecule has 0 atom stereocenters. The van der Waals surface area contributed by atoms with Crippen molar-refractivity contribution in [2.75, 3.05) is 6.54 Å². The van der Waals surface area contributed by atoms with Crippen molar-refractivity contribution < 1.29 is 12.8 Å². The summed E-state index contributed by atoms with van der Waals surface area (Å²) < 4.78 is 48.1.